The molecule has 0 saturated carbocycles. The van der Waals surface area contributed by atoms with E-state index in [1.165, 1.54) is 0 Å². The summed E-state index contributed by atoms with van der Waals surface area (Å²) in [4.78, 5) is 25.6. The first kappa shape index (κ1) is 15.5. The van der Waals surface area contributed by atoms with Gasteiger partial charge < -0.3 is 10.0 Å². The van der Waals surface area contributed by atoms with Crippen LogP contribution in [-0.4, -0.2) is 35.0 Å². The molecule has 2 rings (SSSR count). The number of amides is 1. The fraction of sp³-hybridized carbons (Fsp3) is 0.529. The fourth-order valence-corrected chi connectivity index (χ4v) is 2.97. The van der Waals surface area contributed by atoms with Gasteiger partial charge in [0, 0.05) is 13.1 Å². The van der Waals surface area contributed by atoms with Crippen molar-refractivity contribution in [2.24, 2.45) is 5.41 Å². The smallest absolute Gasteiger partial charge is 0.311 e. The number of benzene rings is 1. The largest absolute Gasteiger partial charge is 0.481 e. The van der Waals surface area contributed by atoms with Gasteiger partial charge in [-0.05, 0) is 37.8 Å². The van der Waals surface area contributed by atoms with Gasteiger partial charge in [0.25, 0.3) is 0 Å². The highest BCUT2D eigenvalue weighted by Crippen LogP contribution is 2.34. The molecule has 4 nitrogen and oxygen atoms in total. The van der Waals surface area contributed by atoms with Gasteiger partial charge in [0.2, 0.25) is 5.91 Å². The lowest BCUT2D eigenvalue weighted by molar-refractivity contribution is -0.148. The van der Waals surface area contributed by atoms with Crippen molar-refractivity contribution >= 4 is 11.9 Å². The van der Waals surface area contributed by atoms with Crippen molar-refractivity contribution in [1.82, 2.24) is 4.90 Å². The van der Waals surface area contributed by atoms with Crippen molar-refractivity contribution in [3.63, 3.8) is 0 Å². The standard InChI is InChI=1S/C17H23NO3/c1-4-17(16(20)21)7-8-18(11-17)15(19)10-14-9-12(2)5-6-13(14)3/h5-6,9H,4,7-8,10-11H2,1-3H3,(H,20,21). The van der Waals surface area contributed by atoms with Crippen LogP contribution in [-0.2, 0) is 16.0 Å². The molecule has 1 amide bonds. The second-order valence-corrected chi connectivity index (χ2v) is 6.11. The maximum absolute atomic E-state index is 12.4. The Balaban J connectivity index is 2.09. The number of carbonyl (C=O) groups excluding carboxylic acids is 1. The molecule has 1 saturated heterocycles. The second kappa shape index (κ2) is 5.88. The Hall–Kier alpha value is -1.84. The zero-order valence-electron chi connectivity index (χ0n) is 13.0. The topological polar surface area (TPSA) is 57.6 Å². The molecule has 1 unspecified atom stereocenters. The third-order valence-corrected chi connectivity index (χ3v) is 4.68. The minimum Gasteiger partial charge on any atom is -0.481 e. The van der Waals surface area contributed by atoms with E-state index in [0.29, 0.717) is 32.4 Å². The fourth-order valence-electron chi connectivity index (χ4n) is 2.97. The van der Waals surface area contributed by atoms with Crippen LogP contribution in [0.4, 0.5) is 0 Å². The first-order chi connectivity index (χ1) is 9.88. The predicted molar refractivity (Wildman–Crippen MR) is 81.2 cm³/mol. The molecule has 1 atom stereocenters. The molecule has 114 valence electrons. The summed E-state index contributed by atoms with van der Waals surface area (Å²) >= 11 is 0. The van der Waals surface area contributed by atoms with Crippen LogP contribution in [0.15, 0.2) is 18.2 Å². The van der Waals surface area contributed by atoms with E-state index in [-0.39, 0.29) is 5.91 Å². The first-order valence-corrected chi connectivity index (χ1v) is 7.45. The average Bonchev–Trinajstić information content (AvgIpc) is 2.89. The van der Waals surface area contributed by atoms with Crippen molar-refractivity contribution in [2.45, 2.75) is 40.0 Å². The van der Waals surface area contributed by atoms with Crippen LogP contribution in [0.3, 0.4) is 0 Å². The molecule has 4 heteroatoms. The Labute approximate surface area is 125 Å². The van der Waals surface area contributed by atoms with Crippen LogP contribution in [0, 0.1) is 19.3 Å². The Morgan fingerprint density at radius 1 is 1.33 bits per heavy atom. The molecule has 1 aromatic rings. The summed E-state index contributed by atoms with van der Waals surface area (Å²) in [5.41, 5.74) is 2.52. The molecule has 1 heterocycles. The van der Waals surface area contributed by atoms with E-state index < -0.39 is 11.4 Å². The minimum absolute atomic E-state index is 0.0280. The van der Waals surface area contributed by atoms with Crippen LogP contribution in [0.1, 0.15) is 36.5 Å². The Kier molecular flexibility index (Phi) is 4.35. The summed E-state index contributed by atoms with van der Waals surface area (Å²) < 4.78 is 0. The highest BCUT2D eigenvalue weighted by molar-refractivity contribution is 5.82. The molecule has 21 heavy (non-hydrogen) atoms. The number of hydrogen-bond donors (Lipinski definition) is 1. The van der Waals surface area contributed by atoms with Crippen LogP contribution in [0.5, 0.6) is 0 Å². The lowest BCUT2D eigenvalue weighted by Gasteiger charge is -2.23. The molecule has 1 N–H and O–H groups in total. The molecule has 1 aliphatic heterocycles. The molecular weight excluding hydrogens is 266 g/mol. The number of aliphatic carboxylic acids is 1. The van der Waals surface area contributed by atoms with Gasteiger partial charge in [-0.15, -0.1) is 0 Å². The molecule has 0 aromatic heterocycles. The van der Waals surface area contributed by atoms with Crippen molar-refractivity contribution < 1.29 is 14.7 Å². The Morgan fingerprint density at radius 3 is 2.62 bits per heavy atom. The van der Waals surface area contributed by atoms with E-state index in [0.717, 1.165) is 16.7 Å². The van der Waals surface area contributed by atoms with Gasteiger partial charge >= 0.3 is 5.97 Å². The Morgan fingerprint density at radius 2 is 2.05 bits per heavy atom. The van der Waals surface area contributed by atoms with Gasteiger partial charge in [-0.3, -0.25) is 9.59 Å². The number of carbonyl (C=O) groups is 2. The summed E-state index contributed by atoms with van der Waals surface area (Å²) in [6, 6.07) is 6.09. The van der Waals surface area contributed by atoms with Gasteiger partial charge in [0.05, 0.1) is 11.8 Å². The van der Waals surface area contributed by atoms with E-state index >= 15 is 0 Å². The first-order valence-electron chi connectivity index (χ1n) is 7.45. The van der Waals surface area contributed by atoms with Gasteiger partial charge in [-0.25, -0.2) is 0 Å². The molecule has 0 spiro atoms. The molecule has 1 aliphatic rings. The third kappa shape index (κ3) is 3.09. The quantitative estimate of drug-likeness (QED) is 0.926. The zero-order chi connectivity index (χ0) is 15.6. The monoisotopic (exact) mass is 289 g/mol. The second-order valence-electron chi connectivity index (χ2n) is 6.11. The van der Waals surface area contributed by atoms with Gasteiger partial charge in [-0.1, -0.05) is 30.7 Å². The number of likely N-dealkylation sites (tertiary alicyclic amines) is 1. The maximum atomic E-state index is 12.4. The zero-order valence-corrected chi connectivity index (χ0v) is 13.0. The maximum Gasteiger partial charge on any atom is 0.311 e. The van der Waals surface area contributed by atoms with Gasteiger partial charge in [0.15, 0.2) is 0 Å². The summed E-state index contributed by atoms with van der Waals surface area (Å²) in [6.07, 6.45) is 1.47. The summed E-state index contributed by atoms with van der Waals surface area (Å²) in [5, 5.41) is 9.40. The molecule has 0 aliphatic carbocycles. The molecule has 1 fully saturated rings. The highest BCUT2D eigenvalue weighted by atomic mass is 16.4. The minimum atomic E-state index is -0.785. The number of carboxylic acid groups (broad SMARTS) is 1. The number of aryl methyl sites for hydroxylation is 2. The normalized spacial score (nSPS) is 21.6. The average molecular weight is 289 g/mol. The van der Waals surface area contributed by atoms with Crippen LogP contribution < -0.4 is 0 Å². The lowest BCUT2D eigenvalue weighted by Crippen LogP contribution is -2.37. The number of nitrogens with zero attached hydrogens (tertiary/aromatic N) is 1. The highest BCUT2D eigenvalue weighted by Gasteiger charge is 2.44. The van der Waals surface area contributed by atoms with E-state index in [1.807, 2.05) is 39.0 Å². The molecule has 1 aromatic carbocycles. The molecular formula is C17H23NO3. The van der Waals surface area contributed by atoms with E-state index in [9.17, 15) is 14.7 Å². The molecule has 0 bridgehead atoms. The van der Waals surface area contributed by atoms with Crippen molar-refractivity contribution in [3.05, 3.63) is 34.9 Å². The summed E-state index contributed by atoms with van der Waals surface area (Å²) in [5.74, 6) is -0.757. The number of rotatable bonds is 4. The van der Waals surface area contributed by atoms with Gasteiger partial charge in [0.1, 0.15) is 0 Å². The van der Waals surface area contributed by atoms with Crippen LogP contribution >= 0.6 is 0 Å². The van der Waals surface area contributed by atoms with E-state index in [2.05, 4.69) is 0 Å². The van der Waals surface area contributed by atoms with Crippen LogP contribution in [0.2, 0.25) is 0 Å². The van der Waals surface area contributed by atoms with Crippen LogP contribution in [0.25, 0.3) is 0 Å². The van der Waals surface area contributed by atoms with Crippen molar-refractivity contribution in [1.29, 1.82) is 0 Å². The number of hydrogen-bond acceptors (Lipinski definition) is 2. The Bertz CT molecular complexity index is 567. The summed E-state index contributed by atoms with van der Waals surface area (Å²) in [6.45, 7) is 6.77. The van der Waals surface area contributed by atoms with E-state index in [4.69, 9.17) is 0 Å². The predicted octanol–water partition coefficient (Wildman–Crippen LogP) is 2.56. The lowest BCUT2D eigenvalue weighted by atomic mass is 9.84. The number of carboxylic acids is 1. The van der Waals surface area contributed by atoms with E-state index in [1.54, 1.807) is 4.90 Å². The van der Waals surface area contributed by atoms with Crippen molar-refractivity contribution in [3.8, 4) is 0 Å². The van der Waals surface area contributed by atoms with Gasteiger partial charge in [-0.2, -0.15) is 0 Å². The summed E-state index contributed by atoms with van der Waals surface area (Å²) in [7, 11) is 0. The van der Waals surface area contributed by atoms with Crippen molar-refractivity contribution in [2.75, 3.05) is 13.1 Å². The third-order valence-electron chi connectivity index (χ3n) is 4.68. The molecule has 0 radical (unpaired) electrons. The SMILES string of the molecule is CCC1(C(=O)O)CCN(C(=O)Cc2cc(C)ccc2C)C1.